The van der Waals surface area contributed by atoms with Crippen LogP contribution in [0, 0.1) is 5.82 Å². The van der Waals surface area contributed by atoms with Crippen LogP contribution < -0.4 is 4.90 Å². The monoisotopic (exact) mass is 227 g/mol. The first kappa shape index (κ1) is 12.9. The van der Waals surface area contributed by atoms with Crippen LogP contribution in [0.5, 0.6) is 0 Å². The van der Waals surface area contributed by atoms with E-state index >= 15 is 0 Å². The average Bonchev–Trinajstić information content (AvgIpc) is 2.26. The summed E-state index contributed by atoms with van der Waals surface area (Å²) in [4.78, 5) is 1.64. The van der Waals surface area contributed by atoms with Crippen LogP contribution in [0.25, 0.3) is 0 Å². The molecule has 1 rings (SSSR count). The first-order chi connectivity index (χ1) is 7.49. The van der Waals surface area contributed by atoms with Gasteiger partial charge in [0.1, 0.15) is 5.82 Å². The first-order valence-corrected chi connectivity index (χ1v) is 5.29. The van der Waals surface area contributed by atoms with Gasteiger partial charge in [0.15, 0.2) is 0 Å². The molecule has 1 aromatic carbocycles. The number of para-hydroxylation sites is 1. The highest BCUT2D eigenvalue weighted by atomic mass is 19.1. The number of hydrogen-bond donors (Lipinski definition) is 2. The van der Waals surface area contributed by atoms with E-state index in [4.69, 9.17) is 5.11 Å². The molecule has 0 radical (unpaired) electrons. The van der Waals surface area contributed by atoms with Crippen LogP contribution in [-0.2, 0) is 0 Å². The second kappa shape index (κ2) is 5.27. The standard InChI is InChI=1S/C12H18FNO2/c1-8(7-15)14(3)12-10(9(2)16)5-4-6-11(12)13/h4-6,8-9,15-16H,7H2,1-3H3/t8?,9-/m1/s1. The Balaban J connectivity index is 3.19. The molecule has 0 aliphatic heterocycles. The minimum atomic E-state index is -0.737. The van der Waals surface area contributed by atoms with Gasteiger partial charge < -0.3 is 15.1 Å². The molecule has 3 nitrogen and oxygen atoms in total. The molecule has 90 valence electrons. The lowest BCUT2D eigenvalue weighted by atomic mass is 10.1. The summed E-state index contributed by atoms with van der Waals surface area (Å²) in [7, 11) is 1.70. The van der Waals surface area contributed by atoms with E-state index in [-0.39, 0.29) is 18.5 Å². The number of aliphatic hydroxyl groups excluding tert-OH is 2. The summed E-state index contributed by atoms with van der Waals surface area (Å²) in [5.41, 5.74) is 0.877. The third-order valence-corrected chi connectivity index (χ3v) is 2.75. The summed E-state index contributed by atoms with van der Waals surface area (Å²) in [5, 5.41) is 18.6. The minimum Gasteiger partial charge on any atom is -0.394 e. The van der Waals surface area contributed by atoms with Gasteiger partial charge in [0.2, 0.25) is 0 Å². The predicted molar refractivity (Wildman–Crippen MR) is 62.0 cm³/mol. The Morgan fingerprint density at radius 2 is 2.00 bits per heavy atom. The Bertz CT molecular complexity index is 355. The van der Waals surface area contributed by atoms with E-state index in [0.29, 0.717) is 11.3 Å². The highest BCUT2D eigenvalue weighted by Gasteiger charge is 2.19. The molecule has 4 heteroatoms. The smallest absolute Gasteiger partial charge is 0.146 e. The first-order valence-electron chi connectivity index (χ1n) is 5.29. The third-order valence-electron chi connectivity index (χ3n) is 2.75. The number of anilines is 1. The van der Waals surface area contributed by atoms with Crippen molar-refractivity contribution in [1.82, 2.24) is 0 Å². The Labute approximate surface area is 95.1 Å². The number of rotatable bonds is 4. The summed E-state index contributed by atoms with van der Waals surface area (Å²) in [6.45, 7) is 3.32. The van der Waals surface area contributed by atoms with Crippen LogP contribution in [-0.4, -0.2) is 29.9 Å². The van der Waals surface area contributed by atoms with Crippen molar-refractivity contribution in [2.45, 2.75) is 26.0 Å². The largest absolute Gasteiger partial charge is 0.394 e. The van der Waals surface area contributed by atoms with Gasteiger partial charge in [-0.2, -0.15) is 0 Å². The van der Waals surface area contributed by atoms with Crippen molar-refractivity contribution < 1.29 is 14.6 Å². The molecule has 0 aliphatic carbocycles. The van der Waals surface area contributed by atoms with E-state index < -0.39 is 6.10 Å². The van der Waals surface area contributed by atoms with Gasteiger partial charge in [0, 0.05) is 18.7 Å². The normalized spacial score (nSPS) is 14.6. The molecule has 0 fully saturated rings. The van der Waals surface area contributed by atoms with Crippen LogP contribution in [0.1, 0.15) is 25.5 Å². The van der Waals surface area contributed by atoms with Crippen molar-refractivity contribution in [1.29, 1.82) is 0 Å². The van der Waals surface area contributed by atoms with Crippen molar-refractivity contribution in [3.63, 3.8) is 0 Å². The molecule has 1 aromatic rings. The second-order valence-electron chi connectivity index (χ2n) is 4.00. The number of aliphatic hydroxyl groups is 2. The van der Waals surface area contributed by atoms with Crippen LogP contribution >= 0.6 is 0 Å². The van der Waals surface area contributed by atoms with Crippen molar-refractivity contribution in [3.05, 3.63) is 29.6 Å². The zero-order valence-electron chi connectivity index (χ0n) is 9.81. The minimum absolute atomic E-state index is 0.0654. The van der Waals surface area contributed by atoms with Gasteiger partial charge in [-0.3, -0.25) is 0 Å². The van der Waals surface area contributed by atoms with E-state index in [1.807, 2.05) is 0 Å². The molecular weight excluding hydrogens is 209 g/mol. The van der Waals surface area contributed by atoms with E-state index in [9.17, 15) is 9.50 Å². The molecule has 1 unspecified atom stereocenters. The molecule has 0 spiro atoms. The summed E-state index contributed by atoms with van der Waals surface area (Å²) in [6, 6.07) is 4.40. The van der Waals surface area contributed by atoms with Crippen molar-refractivity contribution in [2.24, 2.45) is 0 Å². The summed E-state index contributed by atoms with van der Waals surface area (Å²) in [5.74, 6) is -0.388. The summed E-state index contributed by atoms with van der Waals surface area (Å²) < 4.78 is 13.7. The molecule has 16 heavy (non-hydrogen) atoms. The van der Waals surface area contributed by atoms with Gasteiger partial charge in [0.05, 0.1) is 18.4 Å². The average molecular weight is 227 g/mol. The van der Waals surface area contributed by atoms with Gasteiger partial charge in [-0.1, -0.05) is 12.1 Å². The van der Waals surface area contributed by atoms with Gasteiger partial charge in [-0.05, 0) is 19.9 Å². The Hall–Kier alpha value is -1.13. The lowest BCUT2D eigenvalue weighted by molar-refractivity contribution is 0.198. The zero-order valence-corrected chi connectivity index (χ0v) is 9.81. The zero-order chi connectivity index (χ0) is 12.3. The van der Waals surface area contributed by atoms with Gasteiger partial charge >= 0.3 is 0 Å². The molecule has 0 saturated carbocycles. The number of nitrogens with zero attached hydrogens (tertiary/aromatic N) is 1. The van der Waals surface area contributed by atoms with E-state index in [1.54, 1.807) is 37.9 Å². The molecule has 0 aromatic heterocycles. The summed E-state index contributed by atoms with van der Waals surface area (Å²) >= 11 is 0. The molecule has 0 amide bonds. The Kier molecular flexibility index (Phi) is 4.26. The fourth-order valence-corrected chi connectivity index (χ4v) is 1.58. The third kappa shape index (κ3) is 2.51. The van der Waals surface area contributed by atoms with Crippen LogP contribution in [0.15, 0.2) is 18.2 Å². The molecule has 0 bridgehead atoms. The number of hydrogen-bond acceptors (Lipinski definition) is 3. The van der Waals surface area contributed by atoms with Crippen molar-refractivity contribution in [2.75, 3.05) is 18.6 Å². The maximum atomic E-state index is 13.7. The molecule has 0 aliphatic rings. The highest BCUT2D eigenvalue weighted by molar-refractivity contribution is 5.55. The van der Waals surface area contributed by atoms with Crippen LogP contribution in [0.2, 0.25) is 0 Å². The topological polar surface area (TPSA) is 43.7 Å². The summed E-state index contributed by atoms with van der Waals surface area (Å²) in [6.07, 6.45) is -0.737. The second-order valence-corrected chi connectivity index (χ2v) is 4.00. The maximum Gasteiger partial charge on any atom is 0.146 e. The van der Waals surface area contributed by atoms with Crippen LogP contribution in [0.3, 0.4) is 0 Å². The maximum absolute atomic E-state index is 13.7. The van der Waals surface area contributed by atoms with Crippen molar-refractivity contribution in [3.8, 4) is 0 Å². The number of benzene rings is 1. The number of halogens is 1. The fraction of sp³-hybridized carbons (Fsp3) is 0.500. The lowest BCUT2D eigenvalue weighted by Crippen LogP contribution is -2.33. The molecule has 0 heterocycles. The van der Waals surface area contributed by atoms with E-state index in [0.717, 1.165) is 0 Å². The molecule has 0 saturated heterocycles. The van der Waals surface area contributed by atoms with Crippen LogP contribution in [0.4, 0.5) is 10.1 Å². The van der Waals surface area contributed by atoms with Gasteiger partial charge in [-0.25, -0.2) is 4.39 Å². The lowest BCUT2D eigenvalue weighted by Gasteiger charge is -2.28. The Morgan fingerprint density at radius 3 is 2.50 bits per heavy atom. The molecule has 2 atom stereocenters. The van der Waals surface area contributed by atoms with E-state index in [2.05, 4.69) is 0 Å². The van der Waals surface area contributed by atoms with Gasteiger partial charge in [0.25, 0.3) is 0 Å². The molecule has 2 N–H and O–H groups in total. The Morgan fingerprint density at radius 1 is 1.38 bits per heavy atom. The predicted octanol–water partition coefficient (Wildman–Crippen LogP) is 1.70. The van der Waals surface area contributed by atoms with E-state index in [1.165, 1.54) is 6.07 Å². The number of likely N-dealkylation sites (N-methyl/N-ethyl adjacent to an activating group) is 1. The van der Waals surface area contributed by atoms with Gasteiger partial charge in [-0.15, -0.1) is 0 Å². The molecular formula is C12H18FNO2. The quantitative estimate of drug-likeness (QED) is 0.822. The SMILES string of the molecule is CC(CO)N(C)c1c(F)cccc1[C@@H](C)O. The highest BCUT2D eigenvalue weighted by Crippen LogP contribution is 2.29. The van der Waals surface area contributed by atoms with Crippen molar-refractivity contribution >= 4 is 5.69 Å². The fourth-order valence-electron chi connectivity index (χ4n) is 1.58.